The van der Waals surface area contributed by atoms with Crippen LogP contribution in [0.5, 0.6) is 0 Å². The molecular weight excluding hydrogens is 333 g/mol. The molecule has 1 aromatic carbocycles. The Morgan fingerprint density at radius 3 is 2.62 bits per heavy atom. The quantitative estimate of drug-likeness (QED) is 0.648. The molecule has 1 N–H and O–H groups in total. The zero-order chi connectivity index (χ0) is 18.9. The lowest BCUT2D eigenvalue weighted by Gasteiger charge is -2.18. The van der Waals surface area contributed by atoms with Crippen LogP contribution in [-0.2, 0) is 16.0 Å². The smallest absolute Gasteiger partial charge is 0.225 e. The van der Waals surface area contributed by atoms with Crippen LogP contribution in [0.15, 0.2) is 24.3 Å². The normalized spacial score (nSPS) is 17.2. The van der Waals surface area contributed by atoms with Crippen molar-refractivity contribution in [3.63, 3.8) is 0 Å². The fourth-order valence-electron chi connectivity index (χ4n) is 3.28. The maximum absolute atomic E-state index is 12.9. The van der Waals surface area contributed by atoms with E-state index < -0.39 is 0 Å². The summed E-state index contributed by atoms with van der Waals surface area (Å²) in [5.74, 6) is -0.523. The second-order valence-corrected chi connectivity index (χ2v) is 6.79. The van der Waals surface area contributed by atoms with Crippen LogP contribution < -0.4 is 5.32 Å². The number of halogens is 1. The maximum Gasteiger partial charge on any atom is 0.225 e. The lowest BCUT2D eigenvalue weighted by molar-refractivity contribution is -0.129. The highest BCUT2D eigenvalue weighted by atomic mass is 19.1. The molecule has 1 saturated heterocycles. The summed E-state index contributed by atoms with van der Waals surface area (Å²) in [6, 6.07) is 6.32. The molecule has 2 rings (SSSR count). The van der Waals surface area contributed by atoms with Crippen molar-refractivity contribution in [2.75, 3.05) is 39.3 Å². The summed E-state index contributed by atoms with van der Waals surface area (Å²) < 4.78 is 12.9. The van der Waals surface area contributed by atoms with Crippen molar-refractivity contribution in [1.29, 1.82) is 0 Å². The van der Waals surface area contributed by atoms with Crippen molar-refractivity contribution in [3.8, 4) is 0 Å². The Morgan fingerprint density at radius 1 is 1.27 bits per heavy atom. The van der Waals surface area contributed by atoms with Gasteiger partial charge >= 0.3 is 0 Å². The molecule has 1 aliphatic rings. The summed E-state index contributed by atoms with van der Waals surface area (Å²) >= 11 is 0. The molecule has 0 unspecified atom stereocenters. The van der Waals surface area contributed by atoms with Gasteiger partial charge in [0, 0.05) is 26.1 Å². The lowest BCUT2D eigenvalue weighted by atomic mass is 10.1. The Hall–Kier alpha value is -1.95. The van der Waals surface area contributed by atoms with Gasteiger partial charge < -0.3 is 15.1 Å². The minimum atomic E-state index is -0.260. The Labute approximate surface area is 155 Å². The Balaban J connectivity index is 1.70. The van der Waals surface area contributed by atoms with E-state index >= 15 is 0 Å². The summed E-state index contributed by atoms with van der Waals surface area (Å²) in [4.78, 5) is 28.5. The minimum absolute atomic E-state index is 0.0235. The molecular formula is C20H30FN3O2. The molecule has 0 spiro atoms. The molecule has 2 amide bonds. The highest BCUT2D eigenvalue weighted by Crippen LogP contribution is 2.18. The number of rotatable bonds is 10. The van der Waals surface area contributed by atoms with Gasteiger partial charge in [-0.05, 0) is 50.2 Å². The van der Waals surface area contributed by atoms with Crippen molar-refractivity contribution in [1.82, 2.24) is 15.1 Å². The third-order valence-electron chi connectivity index (χ3n) is 5.01. The van der Waals surface area contributed by atoms with Crippen molar-refractivity contribution >= 4 is 11.8 Å². The van der Waals surface area contributed by atoms with Gasteiger partial charge in [0.15, 0.2) is 0 Å². The molecule has 0 saturated carbocycles. The van der Waals surface area contributed by atoms with Gasteiger partial charge in [0.1, 0.15) is 5.82 Å². The minimum Gasteiger partial charge on any atom is -0.356 e. The van der Waals surface area contributed by atoms with Gasteiger partial charge in [0.25, 0.3) is 0 Å². The van der Waals surface area contributed by atoms with Gasteiger partial charge in [-0.2, -0.15) is 0 Å². The van der Waals surface area contributed by atoms with E-state index in [1.807, 2.05) is 0 Å². The SMILES string of the molecule is CCN(CC)CCCNC(=O)[C@H]1CC(=O)N(CCc2ccc(F)cc2)C1. The highest BCUT2D eigenvalue weighted by Gasteiger charge is 2.33. The molecule has 26 heavy (non-hydrogen) atoms. The number of nitrogens with one attached hydrogen (secondary N) is 1. The zero-order valence-corrected chi connectivity index (χ0v) is 15.8. The standard InChI is InChI=1S/C20H30FN3O2/c1-3-23(4-2)12-5-11-22-20(26)17-14-19(25)24(15-17)13-10-16-6-8-18(21)9-7-16/h6-9,17H,3-5,10-15H2,1-2H3,(H,22,26)/t17-/m0/s1. The zero-order valence-electron chi connectivity index (χ0n) is 15.8. The van der Waals surface area contributed by atoms with Crippen LogP contribution >= 0.6 is 0 Å². The molecule has 5 nitrogen and oxygen atoms in total. The Kier molecular flexibility index (Phi) is 8.04. The van der Waals surface area contributed by atoms with E-state index in [2.05, 4.69) is 24.1 Å². The van der Waals surface area contributed by atoms with Gasteiger partial charge in [-0.3, -0.25) is 9.59 Å². The van der Waals surface area contributed by atoms with Crippen LogP contribution in [0.25, 0.3) is 0 Å². The summed E-state index contributed by atoms with van der Waals surface area (Å²) in [6.07, 6.45) is 1.87. The maximum atomic E-state index is 12.9. The monoisotopic (exact) mass is 363 g/mol. The predicted octanol–water partition coefficient (Wildman–Crippen LogP) is 2.06. The third kappa shape index (κ3) is 6.09. The molecule has 1 atom stereocenters. The summed E-state index contributed by atoms with van der Waals surface area (Å²) in [5, 5.41) is 2.96. The first-order valence-corrected chi connectivity index (χ1v) is 9.55. The lowest BCUT2D eigenvalue weighted by Crippen LogP contribution is -2.35. The fraction of sp³-hybridized carbons (Fsp3) is 0.600. The number of amides is 2. The van der Waals surface area contributed by atoms with Crippen LogP contribution in [0.2, 0.25) is 0 Å². The second kappa shape index (κ2) is 10.3. The van der Waals surface area contributed by atoms with Crippen molar-refractivity contribution in [2.24, 2.45) is 5.92 Å². The number of nitrogens with zero attached hydrogens (tertiary/aromatic N) is 2. The summed E-state index contributed by atoms with van der Waals surface area (Å²) in [6.45, 7) is 8.96. The average molecular weight is 363 g/mol. The second-order valence-electron chi connectivity index (χ2n) is 6.79. The van der Waals surface area contributed by atoms with E-state index in [0.717, 1.165) is 31.6 Å². The van der Waals surface area contributed by atoms with Gasteiger partial charge in [-0.25, -0.2) is 4.39 Å². The van der Waals surface area contributed by atoms with E-state index in [1.165, 1.54) is 12.1 Å². The first-order chi connectivity index (χ1) is 12.5. The van der Waals surface area contributed by atoms with Gasteiger partial charge in [0.05, 0.1) is 5.92 Å². The fourth-order valence-corrected chi connectivity index (χ4v) is 3.28. The van der Waals surface area contributed by atoms with Crippen LogP contribution in [0.3, 0.4) is 0 Å². The first kappa shape index (κ1) is 20.4. The molecule has 0 radical (unpaired) electrons. The largest absolute Gasteiger partial charge is 0.356 e. The summed E-state index contributed by atoms with van der Waals surface area (Å²) in [5.41, 5.74) is 0.989. The van der Waals surface area contributed by atoms with E-state index in [4.69, 9.17) is 0 Å². The molecule has 1 heterocycles. The van der Waals surface area contributed by atoms with Crippen LogP contribution in [0.4, 0.5) is 4.39 Å². The number of hydrogen-bond acceptors (Lipinski definition) is 3. The van der Waals surface area contributed by atoms with E-state index in [-0.39, 0.29) is 30.0 Å². The average Bonchev–Trinajstić information content (AvgIpc) is 3.02. The van der Waals surface area contributed by atoms with E-state index in [1.54, 1.807) is 17.0 Å². The molecule has 0 bridgehead atoms. The Bertz CT molecular complexity index is 587. The molecule has 1 fully saturated rings. The molecule has 0 aromatic heterocycles. The molecule has 144 valence electrons. The van der Waals surface area contributed by atoms with Crippen LogP contribution in [0, 0.1) is 11.7 Å². The third-order valence-corrected chi connectivity index (χ3v) is 5.01. The molecule has 1 aliphatic heterocycles. The molecule has 1 aromatic rings. The number of hydrogen-bond donors (Lipinski definition) is 1. The number of benzene rings is 1. The number of carbonyl (C=O) groups is 2. The van der Waals surface area contributed by atoms with Gasteiger partial charge in [-0.15, -0.1) is 0 Å². The van der Waals surface area contributed by atoms with Crippen molar-refractivity contribution < 1.29 is 14.0 Å². The number of carbonyl (C=O) groups excluding carboxylic acids is 2. The van der Waals surface area contributed by atoms with Gasteiger partial charge in [0.2, 0.25) is 11.8 Å². The van der Waals surface area contributed by atoms with E-state index in [0.29, 0.717) is 26.1 Å². The van der Waals surface area contributed by atoms with Crippen molar-refractivity contribution in [2.45, 2.75) is 33.1 Å². The van der Waals surface area contributed by atoms with Crippen LogP contribution in [0.1, 0.15) is 32.3 Å². The predicted molar refractivity (Wildman–Crippen MR) is 100 cm³/mol. The topological polar surface area (TPSA) is 52.7 Å². The highest BCUT2D eigenvalue weighted by molar-refractivity contribution is 5.89. The summed E-state index contributed by atoms with van der Waals surface area (Å²) in [7, 11) is 0. The Morgan fingerprint density at radius 2 is 1.96 bits per heavy atom. The molecule has 0 aliphatic carbocycles. The van der Waals surface area contributed by atoms with Crippen LogP contribution in [-0.4, -0.2) is 60.9 Å². The van der Waals surface area contributed by atoms with Gasteiger partial charge in [-0.1, -0.05) is 26.0 Å². The first-order valence-electron chi connectivity index (χ1n) is 9.55. The van der Waals surface area contributed by atoms with Crippen molar-refractivity contribution in [3.05, 3.63) is 35.6 Å². The number of likely N-dealkylation sites (tertiary alicyclic amines) is 1. The van der Waals surface area contributed by atoms with E-state index in [9.17, 15) is 14.0 Å². The molecule has 6 heteroatoms.